The number of hydrogen-bond donors (Lipinski definition) is 1. The molecule has 2 aromatic rings. The van der Waals surface area contributed by atoms with Gasteiger partial charge in [-0.15, -0.1) is 0 Å². The van der Waals surface area contributed by atoms with Gasteiger partial charge in [-0.05, 0) is 18.2 Å². The lowest BCUT2D eigenvalue weighted by atomic mass is 10.2. The molecule has 2 rings (SSSR count). The number of nitrogens with zero attached hydrogens (tertiary/aromatic N) is 2. The Kier molecular flexibility index (Phi) is 1.33. The number of aromatic nitrogens is 2. The Hall–Kier alpha value is -1.84. The highest BCUT2D eigenvalue weighted by atomic mass is 16.4. The normalized spacial score (nSPS) is 10.3. The first-order valence-electron chi connectivity index (χ1n) is 3.44. The van der Waals surface area contributed by atoms with Crippen molar-refractivity contribution in [1.82, 2.24) is 9.61 Å². The third-order valence-corrected chi connectivity index (χ3v) is 1.65. The van der Waals surface area contributed by atoms with E-state index in [1.165, 1.54) is 6.07 Å². The van der Waals surface area contributed by atoms with Gasteiger partial charge in [0.2, 0.25) is 0 Å². The van der Waals surface area contributed by atoms with Gasteiger partial charge in [0, 0.05) is 12.4 Å². The van der Waals surface area contributed by atoms with Gasteiger partial charge in [-0.1, -0.05) is 0 Å². The number of fused-ring (bicyclic) bond motifs is 1. The molecule has 1 N–H and O–H groups in total. The van der Waals surface area contributed by atoms with Gasteiger partial charge in [0.25, 0.3) is 0 Å². The molecule has 0 unspecified atom stereocenters. The van der Waals surface area contributed by atoms with Crippen molar-refractivity contribution in [2.45, 2.75) is 0 Å². The average molecular weight is 162 g/mol. The number of aromatic carboxylic acids is 1. The van der Waals surface area contributed by atoms with Gasteiger partial charge in [0.1, 0.15) is 0 Å². The molecule has 0 atom stereocenters. The number of carboxylic acids is 1. The van der Waals surface area contributed by atoms with Crippen LogP contribution in [0.15, 0.2) is 30.6 Å². The van der Waals surface area contributed by atoms with E-state index in [0.29, 0.717) is 0 Å². The molecule has 60 valence electrons. The molecule has 0 amide bonds. The molecule has 12 heavy (non-hydrogen) atoms. The van der Waals surface area contributed by atoms with Crippen LogP contribution in [0.2, 0.25) is 0 Å². The van der Waals surface area contributed by atoms with E-state index in [0.717, 1.165) is 5.52 Å². The molecule has 0 aromatic carbocycles. The Labute approximate surface area is 68.1 Å². The Morgan fingerprint density at radius 1 is 1.50 bits per heavy atom. The quantitative estimate of drug-likeness (QED) is 0.681. The summed E-state index contributed by atoms with van der Waals surface area (Å²) in [4.78, 5) is 10.5. The summed E-state index contributed by atoms with van der Waals surface area (Å²) in [5, 5.41) is 12.6. The first-order chi connectivity index (χ1) is 5.77. The zero-order valence-corrected chi connectivity index (χ0v) is 6.14. The van der Waals surface area contributed by atoms with Crippen molar-refractivity contribution in [3.63, 3.8) is 0 Å². The minimum absolute atomic E-state index is 0.281. The summed E-state index contributed by atoms with van der Waals surface area (Å²) < 4.78 is 1.62. The predicted octanol–water partition coefficient (Wildman–Crippen LogP) is 1.03. The fourth-order valence-corrected chi connectivity index (χ4v) is 1.05. The fourth-order valence-electron chi connectivity index (χ4n) is 1.05. The summed E-state index contributed by atoms with van der Waals surface area (Å²) in [5.74, 6) is -0.918. The maximum atomic E-state index is 10.5. The van der Waals surface area contributed by atoms with Gasteiger partial charge in [-0.25, -0.2) is 9.31 Å². The first kappa shape index (κ1) is 6.84. The van der Waals surface area contributed by atoms with E-state index in [2.05, 4.69) is 5.10 Å². The molecule has 0 bridgehead atoms. The van der Waals surface area contributed by atoms with Crippen LogP contribution in [-0.4, -0.2) is 20.7 Å². The highest BCUT2D eigenvalue weighted by molar-refractivity contribution is 5.88. The van der Waals surface area contributed by atoms with Gasteiger partial charge in [-0.2, -0.15) is 5.10 Å². The van der Waals surface area contributed by atoms with Crippen molar-refractivity contribution in [1.29, 1.82) is 0 Å². The standard InChI is InChI=1S/C8H6N2O2/c11-8(12)6-2-4-10-7(5-6)1-3-9-10/h1-5H,(H,11,12). The number of rotatable bonds is 1. The summed E-state index contributed by atoms with van der Waals surface area (Å²) in [6.45, 7) is 0. The van der Waals surface area contributed by atoms with Crippen LogP contribution in [-0.2, 0) is 0 Å². The maximum absolute atomic E-state index is 10.5. The van der Waals surface area contributed by atoms with Crippen LogP contribution in [0.25, 0.3) is 5.52 Å². The van der Waals surface area contributed by atoms with Crippen LogP contribution < -0.4 is 0 Å². The van der Waals surface area contributed by atoms with Crippen molar-refractivity contribution in [2.24, 2.45) is 0 Å². The summed E-state index contributed by atoms with van der Waals surface area (Å²) in [6.07, 6.45) is 3.25. The SMILES string of the molecule is O=C(O)c1ccn2nccc2c1. The fraction of sp³-hybridized carbons (Fsp3) is 0. The van der Waals surface area contributed by atoms with E-state index in [9.17, 15) is 4.79 Å². The molecule has 0 aliphatic rings. The Bertz CT molecular complexity index is 433. The Morgan fingerprint density at radius 3 is 3.08 bits per heavy atom. The first-order valence-corrected chi connectivity index (χ1v) is 3.44. The molecule has 0 saturated carbocycles. The summed E-state index contributed by atoms with van der Waals surface area (Å²) in [7, 11) is 0. The Balaban J connectivity index is 2.68. The van der Waals surface area contributed by atoms with Gasteiger partial charge in [0.05, 0.1) is 11.1 Å². The minimum atomic E-state index is -0.918. The summed E-state index contributed by atoms with van der Waals surface area (Å²) >= 11 is 0. The Morgan fingerprint density at radius 2 is 2.33 bits per heavy atom. The molecular weight excluding hydrogens is 156 g/mol. The largest absolute Gasteiger partial charge is 0.478 e. The molecule has 0 fully saturated rings. The van der Waals surface area contributed by atoms with E-state index < -0.39 is 5.97 Å². The predicted molar refractivity (Wildman–Crippen MR) is 42.2 cm³/mol. The lowest BCUT2D eigenvalue weighted by Crippen LogP contribution is -1.97. The molecule has 0 spiro atoms. The van der Waals surface area contributed by atoms with Crippen LogP contribution in [0, 0.1) is 0 Å². The zero-order chi connectivity index (χ0) is 8.55. The second-order valence-corrected chi connectivity index (χ2v) is 2.42. The average Bonchev–Trinajstić information content (AvgIpc) is 2.49. The van der Waals surface area contributed by atoms with Gasteiger partial charge >= 0.3 is 5.97 Å². The summed E-state index contributed by atoms with van der Waals surface area (Å²) in [6, 6.07) is 4.85. The van der Waals surface area contributed by atoms with Crippen LogP contribution in [0.3, 0.4) is 0 Å². The van der Waals surface area contributed by atoms with Gasteiger partial charge < -0.3 is 5.11 Å². The molecule has 4 nitrogen and oxygen atoms in total. The van der Waals surface area contributed by atoms with E-state index in [1.807, 2.05) is 0 Å². The van der Waals surface area contributed by atoms with Crippen molar-refractivity contribution >= 4 is 11.5 Å². The zero-order valence-electron chi connectivity index (χ0n) is 6.14. The van der Waals surface area contributed by atoms with Gasteiger partial charge in [-0.3, -0.25) is 0 Å². The van der Waals surface area contributed by atoms with E-state index in [-0.39, 0.29) is 5.56 Å². The molecule has 0 radical (unpaired) electrons. The van der Waals surface area contributed by atoms with Crippen molar-refractivity contribution in [2.75, 3.05) is 0 Å². The topological polar surface area (TPSA) is 54.6 Å². The smallest absolute Gasteiger partial charge is 0.335 e. The number of hydrogen-bond acceptors (Lipinski definition) is 2. The second kappa shape index (κ2) is 2.34. The third-order valence-electron chi connectivity index (χ3n) is 1.65. The second-order valence-electron chi connectivity index (χ2n) is 2.42. The molecule has 0 saturated heterocycles. The van der Waals surface area contributed by atoms with E-state index in [1.54, 1.807) is 29.0 Å². The lowest BCUT2D eigenvalue weighted by Gasteiger charge is -1.94. The molecule has 2 aromatic heterocycles. The van der Waals surface area contributed by atoms with Crippen molar-refractivity contribution < 1.29 is 9.90 Å². The maximum Gasteiger partial charge on any atom is 0.335 e. The molecule has 4 heteroatoms. The minimum Gasteiger partial charge on any atom is -0.478 e. The number of pyridine rings is 1. The highest BCUT2D eigenvalue weighted by Gasteiger charge is 2.02. The molecule has 0 aliphatic carbocycles. The number of carboxylic acid groups (broad SMARTS) is 1. The van der Waals surface area contributed by atoms with Gasteiger partial charge in [0.15, 0.2) is 0 Å². The lowest BCUT2D eigenvalue weighted by molar-refractivity contribution is 0.0697. The van der Waals surface area contributed by atoms with Crippen LogP contribution >= 0.6 is 0 Å². The van der Waals surface area contributed by atoms with Crippen LogP contribution in [0.5, 0.6) is 0 Å². The van der Waals surface area contributed by atoms with Crippen LogP contribution in [0.1, 0.15) is 10.4 Å². The van der Waals surface area contributed by atoms with Crippen LogP contribution in [0.4, 0.5) is 0 Å². The van der Waals surface area contributed by atoms with E-state index >= 15 is 0 Å². The highest BCUT2D eigenvalue weighted by Crippen LogP contribution is 2.05. The molecular formula is C8H6N2O2. The monoisotopic (exact) mass is 162 g/mol. The van der Waals surface area contributed by atoms with E-state index in [4.69, 9.17) is 5.11 Å². The summed E-state index contributed by atoms with van der Waals surface area (Å²) in [5.41, 5.74) is 1.07. The molecule has 0 aliphatic heterocycles. The number of carbonyl (C=O) groups is 1. The third kappa shape index (κ3) is 0.934. The van der Waals surface area contributed by atoms with Crippen molar-refractivity contribution in [3.8, 4) is 0 Å². The van der Waals surface area contributed by atoms with Crippen molar-refractivity contribution in [3.05, 3.63) is 36.2 Å². The molecule has 2 heterocycles.